The Hall–Kier alpha value is -1.01. The molecule has 1 aromatic carbocycles. The summed E-state index contributed by atoms with van der Waals surface area (Å²) in [5, 5.41) is 0.0986. The molecule has 4 nitrogen and oxygen atoms in total. The summed E-state index contributed by atoms with van der Waals surface area (Å²) in [5.41, 5.74) is 0.823. The molecular formula is C13H14BrNO3S. The molecule has 0 spiro atoms. The Labute approximate surface area is 124 Å². The number of benzene rings is 1. The van der Waals surface area contributed by atoms with Gasteiger partial charge in [-0.3, -0.25) is 9.59 Å². The summed E-state index contributed by atoms with van der Waals surface area (Å²) in [6, 6.07) is 5.53. The number of hydrogen-bond donors (Lipinski definition) is 0. The second kappa shape index (κ2) is 5.96. The molecular weight excluding hydrogens is 330 g/mol. The van der Waals surface area contributed by atoms with E-state index in [1.807, 2.05) is 18.2 Å². The predicted molar refractivity (Wildman–Crippen MR) is 79.7 cm³/mol. The molecule has 6 heteroatoms. The summed E-state index contributed by atoms with van der Waals surface area (Å²) in [6.07, 6.45) is 0.411. The van der Waals surface area contributed by atoms with Gasteiger partial charge in [0.2, 0.25) is 5.91 Å². The molecule has 0 N–H and O–H groups in total. The van der Waals surface area contributed by atoms with Gasteiger partial charge in [-0.25, -0.2) is 0 Å². The van der Waals surface area contributed by atoms with Crippen molar-refractivity contribution in [1.29, 1.82) is 0 Å². The summed E-state index contributed by atoms with van der Waals surface area (Å²) in [4.78, 5) is 24.8. The van der Waals surface area contributed by atoms with E-state index < -0.39 is 0 Å². The number of halogens is 1. The van der Waals surface area contributed by atoms with Gasteiger partial charge in [-0.1, -0.05) is 11.8 Å². The summed E-state index contributed by atoms with van der Waals surface area (Å²) in [5.74, 6) is 0.779. The molecule has 19 heavy (non-hydrogen) atoms. The molecule has 0 aliphatic carbocycles. The lowest BCUT2D eigenvalue weighted by Gasteiger charge is -2.17. The maximum absolute atomic E-state index is 12.0. The zero-order chi connectivity index (χ0) is 14.0. The van der Waals surface area contributed by atoms with Crippen molar-refractivity contribution in [3.63, 3.8) is 0 Å². The highest BCUT2D eigenvalue weighted by atomic mass is 79.9. The molecule has 1 heterocycles. The molecule has 1 amide bonds. The fourth-order valence-electron chi connectivity index (χ4n) is 2.06. The Morgan fingerprint density at radius 1 is 1.53 bits per heavy atom. The van der Waals surface area contributed by atoms with Gasteiger partial charge in [-0.2, -0.15) is 0 Å². The first-order chi connectivity index (χ1) is 9.01. The van der Waals surface area contributed by atoms with Gasteiger partial charge in [0.15, 0.2) is 5.12 Å². The van der Waals surface area contributed by atoms with Crippen LogP contribution in [-0.2, 0) is 9.59 Å². The minimum absolute atomic E-state index is 0.0471. The van der Waals surface area contributed by atoms with Crippen molar-refractivity contribution in [1.82, 2.24) is 0 Å². The van der Waals surface area contributed by atoms with Gasteiger partial charge < -0.3 is 9.64 Å². The fourth-order valence-corrected chi connectivity index (χ4v) is 3.51. The van der Waals surface area contributed by atoms with Crippen LogP contribution >= 0.6 is 27.7 Å². The van der Waals surface area contributed by atoms with Gasteiger partial charge in [-0.15, -0.1) is 0 Å². The first kappa shape index (κ1) is 14.4. The molecule has 1 fully saturated rings. The van der Waals surface area contributed by atoms with Gasteiger partial charge in [0.05, 0.1) is 11.6 Å². The van der Waals surface area contributed by atoms with Crippen LogP contribution in [0.25, 0.3) is 0 Å². The highest BCUT2D eigenvalue weighted by Gasteiger charge is 2.32. The molecule has 102 valence electrons. The van der Waals surface area contributed by atoms with Crippen LogP contribution in [0, 0.1) is 0 Å². The van der Waals surface area contributed by atoms with E-state index in [-0.39, 0.29) is 16.3 Å². The maximum Gasteiger partial charge on any atom is 0.228 e. The quantitative estimate of drug-likeness (QED) is 0.846. The van der Waals surface area contributed by atoms with Crippen LogP contribution in [-0.4, -0.2) is 29.9 Å². The van der Waals surface area contributed by atoms with Gasteiger partial charge in [0.25, 0.3) is 0 Å². The van der Waals surface area contributed by atoms with E-state index >= 15 is 0 Å². The SMILES string of the molecule is COc1ccc(N2CC(SC(C)=O)CC2=O)cc1Br. The van der Waals surface area contributed by atoms with Crippen molar-refractivity contribution in [3.8, 4) is 5.75 Å². The molecule has 0 radical (unpaired) electrons. The first-order valence-corrected chi connectivity index (χ1v) is 7.49. The van der Waals surface area contributed by atoms with Crippen molar-refractivity contribution in [2.45, 2.75) is 18.6 Å². The van der Waals surface area contributed by atoms with Crippen molar-refractivity contribution < 1.29 is 14.3 Å². The Morgan fingerprint density at radius 3 is 2.84 bits per heavy atom. The average Bonchev–Trinajstić information content (AvgIpc) is 2.69. The number of rotatable bonds is 3. The first-order valence-electron chi connectivity index (χ1n) is 5.82. The third-order valence-electron chi connectivity index (χ3n) is 2.87. The van der Waals surface area contributed by atoms with Crippen LogP contribution in [0.15, 0.2) is 22.7 Å². The molecule has 1 atom stereocenters. The molecule has 1 aromatic rings. The molecule has 2 rings (SSSR count). The number of carbonyl (C=O) groups is 2. The van der Waals surface area contributed by atoms with Crippen molar-refractivity contribution in [3.05, 3.63) is 22.7 Å². The van der Waals surface area contributed by atoms with Crippen LogP contribution in [0.1, 0.15) is 13.3 Å². The number of methoxy groups -OCH3 is 1. The zero-order valence-electron chi connectivity index (χ0n) is 10.7. The smallest absolute Gasteiger partial charge is 0.228 e. The van der Waals surface area contributed by atoms with E-state index in [0.717, 1.165) is 15.9 Å². The van der Waals surface area contributed by atoms with Crippen LogP contribution in [0.4, 0.5) is 5.69 Å². The lowest BCUT2D eigenvalue weighted by molar-refractivity contribution is -0.117. The number of carbonyl (C=O) groups excluding carboxylic acids is 2. The van der Waals surface area contributed by atoms with Crippen LogP contribution in [0.2, 0.25) is 0 Å². The topological polar surface area (TPSA) is 46.6 Å². The fraction of sp³-hybridized carbons (Fsp3) is 0.385. The van der Waals surface area contributed by atoms with Crippen LogP contribution in [0.3, 0.4) is 0 Å². The van der Waals surface area contributed by atoms with E-state index in [0.29, 0.717) is 13.0 Å². The summed E-state index contributed by atoms with van der Waals surface area (Å²) in [7, 11) is 1.60. The number of ether oxygens (including phenoxy) is 1. The minimum atomic E-state index is 0.0471. The predicted octanol–water partition coefficient (Wildman–Crippen LogP) is 2.84. The van der Waals surface area contributed by atoms with E-state index in [9.17, 15) is 9.59 Å². The summed E-state index contributed by atoms with van der Waals surface area (Å²) < 4.78 is 5.97. The van der Waals surface area contributed by atoms with Gasteiger partial charge >= 0.3 is 0 Å². The number of hydrogen-bond acceptors (Lipinski definition) is 4. The normalized spacial score (nSPS) is 18.8. The second-order valence-corrected chi connectivity index (χ2v) is 6.59. The van der Waals surface area contributed by atoms with E-state index in [1.54, 1.807) is 12.0 Å². The Kier molecular flexibility index (Phi) is 4.52. The summed E-state index contributed by atoms with van der Waals surface area (Å²) in [6.45, 7) is 2.10. The van der Waals surface area contributed by atoms with Crippen molar-refractivity contribution in [2.75, 3.05) is 18.6 Å². The zero-order valence-corrected chi connectivity index (χ0v) is 13.1. The highest BCUT2D eigenvalue weighted by Crippen LogP contribution is 2.33. The van der Waals surface area contributed by atoms with E-state index in [2.05, 4.69) is 15.9 Å². The second-order valence-electron chi connectivity index (χ2n) is 4.26. The Bertz CT molecular complexity index is 521. The van der Waals surface area contributed by atoms with Crippen molar-refractivity contribution in [2.24, 2.45) is 0 Å². The number of nitrogens with zero attached hydrogens (tertiary/aromatic N) is 1. The molecule has 0 saturated carbocycles. The van der Waals surface area contributed by atoms with Gasteiger partial charge in [0, 0.05) is 30.8 Å². The highest BCUT2D eigenvalue weighted by molar-refractivity contribution is 9.10. The molecule has 0 aromatic heterocycles. The number of anilines is 1. The Morgan fingerprint density at radius 2 is 2.26 bits per heavy atom. The maximum atomic E-state index is 12.0. The molecule has 1 unspecified atom stereocenters. The molecule has 1 aliphatic rings. The van der Waals surface area contributed by atoms with E-state index in [1.165, 1.54) is 18.7 Å². The number of thioether (sulfide) groups is 1. The molecule has 1 aliphatic heterocycles. The third kappa shape index (κ3) is 3.30. The number of amides is 1. The lowest BCUT2D eigenvalue weighted by atomic mass is 10.3. The van der Waals surface area contributed by atoms with Gasteiger partial charge in [0.1, 0.15) is 5.75 Å². The molecule has 0 bridgehead atoms. The van der Waals surface area contributed by atoms with Crippen LogP contribution in [0.5, 0.6) is 5.75 Å². The van der Waals surface area contributed by atoms with Crippen LogP contribution < -0.4 is 9.64 Å². The Balaban J connectivity index is 2.16. The lowest BCUT2D eigenvalue weighted by Crippen LogP contribution is -2.24. The van der Waals surface area contributed by atoms with Gasteiger partial charge in [-0.05, 0) is 34.1 Å². The van der Waals surface area contributed by atoms with Crippen molar-refractivity contribution >= 4 is 44.4 Å². The third-order valence-corrected chi connectivity index (χ3v) is 4.47. The monoisotopic (exact) mass is 343 g/mol. The standard InChI is InChI=1S/C13H14BrNO3S/c1-8(16)19-10-6-13(17)15(7-10)9-3-4-12(18-2)11(14)5-9/h3-5,10H,6-7H2,1-2H3. The van der Waals surface area contributed by atoms with E-state index in [4.69, 9.17) is 4.74 Å². The summed E-state index contributed by atoms with van der Waals surface area (Å²) >= 11 is 4.65. The minimum Gasteiger partial charge on any atom is -0.496 e. The largest absolute Gasteiger partial charge is 0.496 e. The average molecular weight is 344 g/mol. The molecule has 1 saturated heterocycles.